The van der Waals surface area contributed by atoms with Gasteiger partial charge in [0.1, 0.15) is 17.7 Å². The highest BCUT2D eigenvalue weighted by Gasteiger charge is 2.23. The van der Waals surface area contributed by atoms with Gasteiger partial charge in [0.25, 0.3) is 12.3 Å². The zero-order valence-corrected chi connectivity index (χ0v) is 15.0. The molecule has 12 heteroatoms. The summed E-state index contributed by atoms with van der Waals surface area (Å²) in [6.07, 6.45) is -2.97. The van der Waals surface area contributed by atoms with Gasteiger partial charge in [-0.25, -0.2) is 23.7 Å². The van der Waals surface area contributed by atoms with Crippen molar-refractivity contribution in [2.45, 2.75) is 12.8 Å². The second kappa shape index (κ2) is 9.28. The van der Waals surface area contributed by atoms with E-state index in [0.717, 1.165) is 12.5 Å². The molecule has 0 spiro atoms. The first-order chi connectivity index (χ1) is 14.5. The van der Waals surface area contributed by atoms with Crippen LogP contribution in [0.25, 0.3) is 0 Å². The zero-order valence-electron chi connectivity index (χ0n) is 15.0. The van der Waals surface area contributed by atoms with E-state index in [1.54, 1.807) is 24.3 Å². The Labute approximate surface area is 167 Å². The number of benzene rings is 1. The van der Waals surface area contributed by atoms with Gasteiger partial charge in [0.15, 0.2) is 0 Å². The number of rotatable bonds is 7. The number of nitriles is 1. The highest BCUT2D eigenvalue weighted by Crippen LogP contribution is 2.23. The average Bonchev–Trinajstić information content (AvgIpc) is 2.75. The Balaban J connectivity index is 1.73. The summed E-state index contributed by atoms with van der Waals surface area (Å²) in [6.45, 7) is 0. The fourth-order valence-corrected chi connectivity index (χ4v) is 2.15. The predicted octanol–water partition coefficient (Wildman–Crippen LogP) is 3.07. The number of nitrogens with one attached hydrogen (secondary N) is 2. The van der Waals surface area contributed by atoms with E-state index in [1.807, 2.05) is 6.07 Å². The van der Waals surface area contributed by atoms with Crippen LogP contribution in [0.3, 0.4) is 0 Å². The lowest BCUT2D eigenvalue weighted by molar-refractivity contribution is -0.0687. The van der Waals surface area contributed by atoms with Crippen LogP contribution >= 0.6 is 0 Å². The maximum absolute atomic E-state index is 13.2. The fraction of sp³-hybridized carbons (Fsp3) is 0.111. The molecule has 1 amide bonds. The second-order valence-electron chi connectivity index (χ2n) is 5.58. The Morgan fingerprint density at radius 3 is 2.60 bits per heavy atom. The molecule has 152 valence electrons. The Morgan fingerprint density at radius 2 is 1.90 bits per heavy atom. The van der Waals surface area contributed by atoms with Gasteiger partial charge in [-0.2, -0.15) is 14.6 Å². The molecule has 2 heterocycles. The van der Waals surface area contributed by atoms with Crippen molar-refractivity contribution in [1.82, 2.24) is 19.9 Å². The minimum absolute atomic E-state index is 0.0818. The highest BCUT2D eigenvalue weighted by atomic mass is 19.3. The van der Waals surface area contributed by atoms with E-state index in [2.05, 4.69) is 35.3 Å². The first-order valence-electron chi connectivity index (χ1n) is 8.26. The first-order valence-corrected chi connectivity index (χ1v) is 8.26. The lowest BCUT2D eigenvalue weighted by Gasteiger charge is -2.13. The molecule has 2 N–H and O–H groups in total. The number of carbonyl (C=O) groups excluding carboxylic acids is 1. The van der Waals surface area contributed by atoms with Gasteiger partial charge in [0.2, 0.25) is 11.8 Å². The number of nitrogens with zero attached hydrogens (tertiary/aromatic N) is 5. The highest BCUT2D eigenvalue weighted by molar-refractivity contribution is 6.03. The van der Waals surface area contributed by atoms with Crippen LogP contribution in [-0.2, 0) is 0 Å². The molecule has 2 aromatic heterocycles. The number of anilines is 3. The van der Waals surface area contributed by atoms with E-state index >= 15 is 0 Å². The van der Waals surface area contributed by atoms with Crippen LogP contribution in [0.5, 0.6) is 5.88 Å². The second-order valence-corrected chi connectivity index (χ2v) is 5.58. The average molecular weight is 415 g/mol. The standard InChI is InChI=1S/C18H12F3N7O2/c19-14(20)15(21)30-17-13(8-23-9-25-17)27-16(29)12-5-6-24-18(28-12)26-11-3-1-10(7-22)2-4-11/h1-6,8-9,14-15H,(H,27,29)(H,24,26,28). The van der Waals surface area contributed by atoms with E-state index in [9.17, 15) is 18.0 Å². The van der Waals surface area contributed by atoms with Gasteiger partial charge in [-0.1, -0.05) is 0 Å². The number of carbonyl (C=O) groups is 1. The maximum atomic E-state index is 13.2. The molecular formula is C18H12F3N7O2. The Bertz CT molecular complexity index is 1070. The Morgan fingerprint density at radius 1 is 1.13 bits per heavy atom. The van der Waals surface area contributed by atoms with Crippen LogP contribution in [0.1, 0.15) is 16.1 Å². The van der Waals surface area contributed by atoms with Crippen LogP contribution in [0.2, 0.25) is 0 Å². The van der Waals surface area contributed by atoms with E-state index in [1.165, 1.54) is 12.3 Å². The van der Waals surface area contributed by atoms with E-state index in [4.69, 9.17) is 5.26 Å². The van der Waals surface area contributed by atoms with Gasteiger partial charge in [-0.3, -0.25) is 4.79 Å². The monoisotopic (exact) mass is 415 g/mol. The molecule has 0 radical (unpaired) electrons. The van der Waals surface area contributed by atoms with Gasteiger partial charge in [-0.05, 0) is 30.3 Å². The molecule has 0 aliphatic heterocycles. The third-order valence-electron chi connectivity index (χ3n) is 3.50. The molecule has 0 fully saturated rings. The van der Waals surface area contributed by atoms with Crippen molar-refractivity contribution >= 4 is 23.2 Å². The third-order valence-corrected chi connectivity index (χ3v) is 3.50. The molecule has 3 rings (SSSR count). The largest absolute Gasteiger partial charge is 0.435 e. The molecule has 0 saturated carbocycles. The van der Waals surface area contributed by atoms with Crippen molar-refractivity contribution in [3.63, 3.8) is 0 Å². The summed E-state index contributed by atoms with van der Waals surface area (Å²) in [7, 11) is 0. The van der Waals surface area contributed by atoms with Crippen molar-refractivity contribution in [3.05, 3.63) is 60.3 Å². The summed E-state index contributed by atoms with van der Waals surface area (Å²) >= 11 is 0. The molecule has 0 saturated heterocycles. The van der Waals surface area contributed by atoms with Crippen LogP contribution in [0.4, 0.5) is 30.5 Å². The number of aromatic nitrogens is 4. The number of alkyl halides is 3. The minimum Gasteiger partial charge on any atom is -0.435 e. The maximum Gasteiger partial charge on any atom is 0.304 e. The molecular weight excluding hydrogens is 403 g/mol. The molecule has 30 heavy (non-hydrogen) atoms. The number of hydrogen-bond donors (Lipinski definition) is 2. The molecule has 1 aromatic carbocycles. The molecule has 3 aromatic rings. The summed E-state index contributed by atoms with van der Waals surface area (Å²) in [4.78, 5) is 27.7. The number of halogens is 3. The summed E-state index contributed by atoms with van der Waals surface area (Å²) in [5, 5.41) is 14.0. The van der Waals surface area contributed by atoms with Crippen LogP contribution < -0.4 is 15.4 Å². The van der Waals surface area contributed by atoms with Gasteiger partial charge in [-0.15, -0.1) is 0 Å². The number of amides is 1. The SMILES string of the molecule is N#Cc1ccc(Nc2nccc(C(=O)Nc3cncnc3OC(F)C(F)F)n2)cc1. The van der Waals surface area contributed by atoms with Crippen molar-refractivity contribution in [3.8, 4) is 11.9 Å². The van der Waals surface area contributed by atoms with Crippen molar-refractivity contribution < 1.29 is 22.7 Å². The molecule has 0 aliphatic carbocycles. The van der Waals surface area contributed by atoms with Gasteiger partial charge in [0, 0.05) is 11.9 Å². The molecule has 0 bridgehead atoms. The van der Waals surface area contributed by atoms with E-state index in [-0.39, 0.29) is 17.3 Å². The smallest absolute Gasteiger partial charge is 0.304 e. The van der Waals surface area contributed by atoms with Gasteiger partial charge >= 0.3 is 6.43 Å². The summed E-state index contributed by atoms with van der Waals surface area (Å²) in [6, 6.07) is 9.75. The van der Waals surface area contributed by atoms with Gasteiger partial charge < -0.3 is 15.4 Å². The fourth-order valence-electron chi connectivity index (χ4n) is 2.15. The third kappa shape index (κ3) is 5.16. The number of ether oxygens (including phenoxy) is 1. The van der Waals surface area contributed by atoms with E-state index in [0.29, 0.717) is 11.3 Å². The first kappa shape index (κ1) is 20.5. The van der Waals surface area contributed by atoms with Crippen molar-refractivity contribution in [2.75, 3.05) is 10.6 Å². The quantitative estimate of drug-likeness (QED) is 0.603. The van der Waals surface area contributed by atoms with Crippen molar-refractivity contribution in [1.29, 1.82) is 5.26 Å². The van der Waals surface area contributed by atoms with Gasteiger partial charge in [0.05, 0.1) is 17.8 Å². The van der Waals surface area contributed by atoms with Crippen LogP contribution in [-0.4, -0.2) is 38.6 Å². The Kier molecular flexibility index (Phi) is 6.33. The van der Waals surface area contributed by atoms with Crippen LogP contribution in [0, 0.1) is 11.3 Å². The number of hydrogen-bond acceptors (Lipinski definition) is 8. The van der Waals surface area contributed by atoms with Crippen molar-refractivity contribution in [2.24, 2.45) is 0 Å². The predicted molar refractivity (Wildman–Crippen MR) is 98.0 cm³/mol. The molecule has 9 nitrogen and oxygen atoms in total. The summed E-state index contributed by atoms with van der Waals surface area (Å²) in [5.41, 5.74) is 0.757. The zero-order chi connectivity index (χ0) is 21.5. The summed E-state index contributed by atoms with van der Waals surface area (Å²) < 4.78 is 42.3. The normalized spacial score (nSPS) is 11.4. The minimum atomic E-state index is -3.39. The van der Waals surface area contributed by atoms with Crippen LogP contribution in [0.15, 0.2) is 49.1 Å². The van der Waals surface area contributed by atoms with E-state index < -0.39 is 24.6 Å². The lowest BCUT2D eigenvalue weighted by atomic mass is 10.2. The Hall–Kier alpha value is -4.27. The lowest BCUT2D eigenvalue weighted by Crippen LogP contribution is -2.22. The summed E-state index contributed by atoms with van der Waals surface area (Å²) in [5.74, 6) is -1.22. The topological polar surface area (TPSA) is 126 Å². The molecule has 1 atom stereocenters. The molecule has 1 unspecified atom stereocenters. The molecule has 0 aliphatic rings.